The van der Waals surface area contributed by atoms with Crippen LogP contribution < -0.4 is 5.32 Å². The first-order valence-electron chi connectivity index (χ1n) is 11.1. The van der Waals surface area contributed by atoms with Crippen LogP contribution >= 0.6 is 0 Å². The summed E-state index contributed by atoms with van der Waals surface area (Å²) in [5, 5.41) is 11.2. The Bertz CT molecular complexity index is 1170. The van der Waals surface area contributed by atoms with E-state index in [1.807, 2.05) is 18.5 Å². The number of fused-ring (bicyclic) bond motifs is 1. The van der Waals surface area contributed by atoms with Gasteiger partial charge in [0.25, 0.3) is 5.91 Å². The molecule has 3 aromatic rings. The highest BCUT2D eigenvalue weighted by Gasteiger charge is 2.27. The molecule has 1 fully saturated rings. The van der Waals surface area contributed by atoms with E-state index in [4.69, 9.17) is 4.74 Å². The fourth-order valence-corrected chi connectivity index (χ4v) is 3.95. The molecule has 1 N–H and O–H groups in total. The molecular formula is C23H27FN6O3. The number of aromatic nitrogens is 4. The lowest BCUT2D eigenvalue weighted by molar-refractivity contribution is 0.0654. The maximum absolute atomic E-state index is 14.5. The van der Waals surface area contributed by atoms with Crippen molar-refractivity contribution in [1.82, 2.24) is 30.2 Å². The van der Waals surface area contributed by atoms with E-state index < -0.39 is 11.7 Å². The smallest absolute Gasteiger partial charge is 0.410 e. The second kappa shape index (κ2) is 9.51. The molecule has 2 amide bonds. The van der Waals surface area contributed by atoms with E-state index in [1.165, 1.54) is 12.1 Å². The number of nitrogens with one attached hydrogen (secondary N) is 1. The third-order valence-electron chi connectivity index (χ3n) is 5.61. The van der Waals surface area contributed by atoms with Gasteiger partial charge in [0.05, 0.1) is 29.6 Å². The van der Waals surface area contributed by atoms with Gasteiger partial charge in [-0.1, -0.05) is 11.3 Å². The summed E-state index contributed by atoms with van der Waals surface area (Å²) in [4.78, 5) is 30.2. The third kappa shape index (κ3) is 4.79. The van der Waals surface area contributed by atoms with Crippen molar-refractivity contribution in [2.24, 2.45) is 0 Å². The Morgan fingerprint density at radius 3 is 2.67 bits per heavy atom. The number of hydrogen-bond donors (Lipinski definition) is 1. The molecule has 1 aliphatic heterocycles. The van der Waals surface area contributed by atoms with Crippen LogP contribution in [0.2, 0.25) is 0 Å². The summed E-state index contributed by atoms with van der Waals surface area (Å²) in [5.74, 6) is -1.05. The van der Waals surface area contributed by atoms with Crippen LogP contribution in [0.5, 0.6) is 0 Å². The minimum atomic E-state index is -0.605. The molecule has 9 nitrogen and oxygen atoms in total. The second-order valence-corrected chi connectivity index (χ2v) is 8.30. The molecular weight excluding hydrogens is 427 g/mol. The number of benzene rings is 1. The Morgan fingerprint density at radius 2 is 2.00 bits per heavy atom. The van der Waals surface area contributed by atoms with Crippen molar-refractivity contribution < 1.29 is 18.7 Å². The van der Waals surface area contributed by atoms with E-state index >= 15 is 0 Å². The molecule has 0 bridgehead atoms. The fraction of sp³-hybridized carbons (Fsp3) is 0.435. The Balaban J connectivity index is 1.50. The molecule has 10 heteroatoms. The Morgan fingerprint density at radius 1 is 1.24 bits per heavy atom. The van der Waals surface area contributed by atoms with Gasteiger partial charge in [0.2, 0.25) is 0 Å². The van der Waals surface area contributed by atoms with Gasteiger partial charge in [0.15, 0.2) is 0 Å². The summed E-state index contributed by atoms with van der Waals surface area (Å²) in [6.45, 7) is 7.04. The summed E-state index contributed by atoms with van der Waals surface area (Å²) < 4.78 is 21.6. The highest BCUT2D eigenvalue weighted by Crippen LogP contribution is 2.28. The summed E-state index contributed by atoms with van der Waals surface area (Å²) in [6.07, 6.45) is 2.72. The van der Waals surface area contributed by atoms with Crippen molar-refractivity contribution in [3.8, 4) is 11.3 Å². The third-order valence-corrected chi connectivity index (χ3v) is 5.61. The number of amides is 2. The minimum absolute atomic E-state index is 0.00348. The number of piperidine rings is 1. The topological polar surface area (TPSA) is 102 Å². The van der Waals surface area contributed by atoms with Gasteiger partial charge in [0.1, 0.15) is 16.9 Å². The minimum Gasteiger partial charge on any atom is -0.447 e. The van der Waals surface area contributed by atoms with Crippen molar-refractivity contribution in [1.29, 1.82) is 0 Å². The van der Waals surface area contributed by atoms with Gasteiger partial charge in [-0.05, 0) is 51.8 Å². The molecule has 0 atom stereocenters. The summed E-state index contributed by atoms with van der Waals surface area (Å²) in [7, 11) is 0. The number of carbonyl (C=O) groups is 2. The van der Waals surface area contributed by atoms with Gasteiger partial charge >= 0.3 is 6.09 Å². The lowest BCUT2D eigenvalue weighted by Crippen LogP contribution is -2.40. The fourth-order valence-electron chi connectivity index (χ4n) is 3.95. The molecule has 1 aromatic carbocycles. The molecule has 2 aromatic heterocycles. The van der Waals surface area contributed by atoms with E-state index in [0.29, 0.717) is 36.4 Å². The van der Waals surface area contributed by atoms with Gasteiger partial charge in [-0.2, -0.15) is 0 Å². The number of nitrogens with zero attached hydrogens (tertiary/aromatic N) is 5. The molecule has 1 aliphatic rings. The number of ether oxygens (including phenoxy) is 1. The van der Waals surface area contributed by atoms with Gasteiger partial charge in [-0.15, -0.1) is 5.10 Å². The van der Waals surface area contributed by atoms with Crippen LogP contribution in [0.1, 0.15) is 50.0 Å². The van der Waals surface area contributed by atoms with E-state index in [9.17, 15) is 14.0 Å². The van der Waals surface area contributed by atoms with Crippen molar-refractivity contribution in [2.45, 2.75) is 45.8 Å². The number of carbonyl (C=O) groups excluding carboxylic acids is 2. The standard InChI is InChI=1S/C23H27FN6O3/c1-4-25-22(31)17-6-5-15(11-18(17)24)19-12-20-21(13-26-19)30(28-27-20)16-7-9-29(10-8-16)23(32)33-14(2)3/h5-6,11-14,16H,4,7-10H2,1-3H3,(H,25,31). The van der Waals surface area contributed by atoms with Crippen molar-refractivity contribution in [2.75, 3.05) is 19.6 Å². The summed E-state index contributed by atoms with van der Waals surface area (Å²) in [5.41, 5.74) is 2.52. The van der Waals surface area contributed by atoms with Crippen LogP contribution in [0.4, 0.5) is 9.18 Å². The van der Waals surface area contributed by atoms with Crippen LogP contribution in [0.25, 0.3) is 22.3 Å². The Hall–Kier alpha value is -3.56. The lowest BCUT2D eigenvalue weighted by Gasteiger charge is -2.31. The van der Waals surface area contributed by atoms with Gasteiger partial charge in [-0.25, -0.2) is 13.9 Å². The van der Waals surface area contributed by atoms with Crippen LogP contribution in [0.15, 0.2) is 30.5 Å². The Kier molecular flexibility index (Phi) is 6.52. The van der Waals surface area contributed by atoms with Crippen molar-refractivity contribution >= 4 is 23.0 Å². The average Bonchev–Trinajstić information content (AvgIpc) is 3.22. The summed E-state index contributed by atoms with van der Waals surface area (Å²) in [6, 6.07) is 6.28. The lowest BCUT2D eigenvalue weighted by atomic mass is 10.1. The summed E-state index contributed by atoms with van der Waals surface area (Å²) >= 11 is 0. The maximum atomic E-state index is 14.5. The quantitative estimate of drug-likeness (QED) is 0.632. The maximum Gasteiger partial charge on any atom is 0.410 e. The number of pyridine rings is 1. The molecule has 3 heterocycles. The predicted octanol–water partition coefficient (Wildman–Crippen LogP) is 3.56. The molecule has 0 saturated carbocycles. The molecule has 33 heavy (non-hydrogen) atoms. The van der Waals surface area contributed by atoms with Gasteiger partial charge in [0, 0.05) is 25.2 Å². The zero-order valence-electron chi connectivity index (χ0n) is 18.9. The monoisotopic (exact) mass is 454 g/mol. The predicted molar refractivity (Wildman–Crippen MR) is 120 cm³/mol. The second-order valence-electron chi connectivity index (χ2n) is 8.30. The van der Waals surface area contributed by atoms with Crippen LogP contribution in [-0.2, 0) is 4.74 Å². The van der Waals surface area contributed by atoms with Crippen molar-refractivity contribution in [3.63, 3.8) is 0 Å². The molecule has 1 saturated heterocycles. The largest absolute Gasteiger partial charge is 0.447 e. The molecule has 174 valence electrons. The van der Waals surface area contributed by atoms with E-state index in [0.717, 1.165) is 18.4 Å². The zero-order chi connectivity index (χ0) is 23.5. The number of rotatable bonds is 5. The van der Waals surface area contributed by atoms with Gasteiger partial charge in [-0.3, -0.25) is 9.78 Å². The highest BCUT2D eigenvalue weighted by atomic mass is 19.1. The SMILES string of the molecule is CCNC(=O)c1ccc(-c2cc3nnn(C4CCN(C(=O)OC(C)C)CC4)c3cn2)cc1F. The molecule has 0 unspecified atom stereocenters. The number of likely N-dealkylation sites (tertiary alicyclic amines) is 1. The van der Waals surface area contributed by atoms with E-state index in [-0.39, 0.29) is 23.8 Å². The van der Waals surface area contributed by atoms with E-state index in [2.05, 4.69) is 20.6 Å². The van der Waals surface area contributed by atoms with Crippen LogP contribution in [0.3, 0.4) is 0 Å². The highest BCUT2D eigenvalue weighted by molar-refractivity contribution is 5.95. The number of hydrogen-bond acceptors (Lipinski definition) is 6. The van der Waals surface area contributed by atoms with E-state index in [1.54, 1.807) is 30.2 Å². The molecule has 0 radical (unpaired) electrons. The first-order valence-corrected chi connectivity index (χ1v) is 11.1. The molecule has 0 aliphatic carbocycles. The Labute approximate surface area is 190 Å². The van der Waals surface area contributed by atoms with Crippen molar-refractivity contribution in [3.05, 3.63) is 41.8 Å². The normalized spacial score (nSPS) is 14.6. The first-order chi connectivity index (χ1) is 15.9. The number of halogens is 1. The first kappa shape index (κ1) is 22.6. The van der Waals surface area contributed by atoms with Crippen LogP contribution in [-0.4, -0.2) is 62.6 Å². The van der Waals surface area contributed by atoms with Gasteiger partial charge < -0.3 is 15.0 Å². The zero-order valence-corrected chi connectivity index (χ0v) is 18.9. The average molecular weight is 455 g/mol. The molecule has 4 rings (SSSR count). The molecule has 0 spiro atoms. The van der Waals surface area contributed by atoms with Crippen LogP contribution in [0, 0.1) is 5.82 Å².